The van der Waals surface area contributed by atoms with Crippen molar-refractivity contribution in [1.82, 2.24) is 9.97 Å². The monoisotopic (exact) mass is 469 g/mol. The Kier molecular flexibility index (Phi) is 6.07. The average Bonchev–Trinajstić information content (AvgIpc) is 3.16. The van der Waals surface area contributed by atoms with E-state index >= 15 is 0 Å². The van der Waals surface area contributed by atoms with E-state index in [1.165, 1.54) is 4.90 Å². The molecule has 1 aliphatic rings. The number of hydrogen-bond acceptors (Lipinski definition) is 6. The van der Waals surface area contributed by atoms with Crippen LogP contribution in [0.15, 0.2) is 64.1 Å². The zero-order chi connectivity index (χ0) is 24.5. The molecule has 1 atom stereocenters. The summed E-state index contributed by atoms with van der Waals surface area (Å²) >= 11 is 0. The number of anilines is 1. The van der Waals surface area contributed by atoms with Gasteiger partial charge in [0.15, 0.2) is 5.43 Å². The number of amides is 1. The van der Waals surface area contributed by atoms with Crippen LogP contribution in [0.5, 0.6) is 5.75 Å². The van der Waals surface area contributed by atoms with Gasteiger partial charge in [-0.05, 0) is 67.3 Å². The predicted octanol–water partition coefficient (Wildman–Crippen LogP) is 5.52. The number of aryl methyl sites for hydroxylation is 2. The van der Waals surface area contributed by atoms with Crippen LogP contribution in [0.3, 0.4) is 0 Å². The van der Waals surface area contributed by atoms with Gasteiger partial charge in [0.25, 0.3) is 5.91 Å². The van der Waals surface area contributed by atoms with Crippen molar-refractivity contribution in [2.75, 3.05) is 11.5 Å². The molecule has 5 rings (SSSR count). The van der Waals surface area contributed by atoms with Crippen LogP contribution in [-0.2, 0) is 0 Å². The summed E-state index contributed by atoms with van der Waals surface area (Å²) < 4.78 is 11.9. The number of aromatic nitrogens is 2. The third-order valence-electron chi connectivity index (χ3n) is 6.47. The number of ether oxygens (including phenoxy) is 1. The van der Waals surface area contributed by atoms with Gasteiger partial charge in [0.05, 0.1) is 23.6 Å². The van der Waals surface area contributed by atoms with Crippen LogP contribution in [0.25, 0.3) is 11.0 Å². The first-order chi connectivity index (χ1) is 17.0. The molecule has 7 nitrogen and oxygen atoms in total. The number of nitrogens with zero attached hydrogens (tertiary/aromatic N) is 3. The average molecular weight is 470 g/mol. The molecule has 178 valence electrons. The summed E-state index contributed by atoms with van der Waals surface area (Å²) in [4.78, 5) is 37.4. The molecule has 0 N–H and O–H groups in total. The van der Waals surface area contributed by atoms with Crippen molar-refractivity contribution in [1.29, 1.82) is 0 Å². The van der Waals surface area contributed by atoms with Crippen molar-refractivity contribution >= 4 is 22.8 Å². The second-order valence-corrected chi connectivity index (χ2v) is 8.86. The first kappa shape index (κ1) is 22.8. The lowest BCUT2D eigenvalue weighted by Gasteiger charge is -2.23. The largest absolute Gasteiger partial charge is 0.494 e. The van der Waals surface area contributed by atoms with Gasteiger partial charge >= 0.3 is 0 Å². The fraction of sp³-hybridized carbons (Fsp3) is 0.286. The maximum Gasteiger partial charge on any atom is 0.297 e. The highest BCUT2D eigenvalue weighted by Crippen LogP contribution is 2.40. The summed E-state index contributed by atoms with van der Waals surface area (Å²) in [5.74, 6) is 0.551. The van der Waals surface area contributed by atoms with E-state index < -0.39 is 11.9 Å². The Morgan fingerprint density at radius 2 is 1.71 bits per heavy atom. The standard InChI is InChI=1S/C28H27N3O4/c1-4-5-6-14-34-20-10-8-19(9-11-20)24-23-25(32)21-15-17(2)18(3)16-22(21)35-26(23)27(33)31(24)28-29-12-7-13-30-28/h7-13,15-16,24H,4-6,14H2,1-3H3. The lowest BCUT2D eigenvalue weighted by molar-refractivity contribution is 0.0969. The van der Waals surface area contributed by atoms with Gasteiger partial charge in [-0.15, -0.1) is 0 Å². The van der Waals surface area contributed by atoms with E-state index in [0.29, 0.717) is 23.1 Å². The smallest absolute Gasteiger partial charge is 0.297 e. The summed E-state index contributed by atoms with van der Waals surface area (Å²) in [6.07, 6.45) is 6.39. The summed E-state index contributed by atoms with van der Waals surface area (Å²) in [6.45, 7) is 6.70. The molecule has 0 bridgehead atoms. The minimum absolute atomic E-state index is 0.0306. The minimum atomic E-state index is -0.712. The topological polar surface area (TPSA) is 85.5 Å². The molecule has 4 aromatic rings. The Labute approximate surface area is 203 Å². The molecule has 1 amide bonds. The number of benzene rings is 2. The Morgan fingerprint density at radius 3 is 2.43 bits per heavy atom. The fourth-order valence-corrected chi connectivity index (χ4v) is 4.45. The second kappa shape index (κ2) is 9.33. The van der Waals surface area contributed by atoms with Gasteiger partial charge in [0, 0.05) is 12.4 Å². The first-order valence-corrected chi connectivity index (χ1v) is 11.9. The second-order valence-electron chi connectivity index (χ2n) is 8.86. The van der Waals surface area contributed by atoms with E-state index in [0.717, 1.165) is 41.7 Å². The fourth-order valence-electron chi connectivity index (χ4n) is 4.45. The maximum absolute atomic E-state index is 13.8. The van der Waals surface area contributed by atoms with Crippen LogP contribution in [0.1, 0.15) is 65.0 Å². The SMILES string of the molecule is CCCCCOc1ccc(C2c3c(oc4cc(C)c(C)cc4c3=O)C(=O)N2c2ncccn2)cc1. The molecule has 0 aliphatic carbocycles. The van der Waals surface area contributed by atoms with Gasteiger partial charge in [-0.3, -0.25) is 14.5 Å². The molecule has 0 saturated carbocycles. The Morgan fingerprint density at radius 1 is 1.00 bits per heavy atom. The van der Waals surface area contributed by atoms with Crippen LogP contribution < -0.4 is 15.1 Å². The van der Waals surface area contributed by atoms with Crippen LogP contribution in [0.2, 0.25) is 0 Å². The van der Waals surface area contributed by atoms with Gasteiger partial charge < -0.3 is 9.15 Å². The van der Waals surface area contributed by atoms with Crippen LogP contribution in [0.4, 0.5) is 5.95 Å². The van der Waals surface area contributed by atoms with Gasteiger partial charge in [-0.1, -0.05) is 31.9 Å². The van der Waals surface area contributed by atoms with Crippen LogP contribution >= 0.6 is 0 Å². The number of fused-ring (bicyclic) bond motifs is 2. The highest BCUT2D eigenvalue weighted by molar-refractivity contribution is 6.09. The van der Waals surface area contributed by atoms with E-state index in [4.69, 9.17) is 9.15 Å². The molecule has 0 spiro atoms. The number of carbonyl (C=O) groups excluding carboxylic acids is 1. The van der Waals surface area contributed by atoms with Crippen LogP contribution in [0, 0.1) is 13.8 Å². The Bertz CT molecular complexity index is 1450. The number of unbranched alkanes of at least 4 members (excludes halogenated alkanes) is 2. The zero-order valence-electron chi connectivity index (χ0n) is 20.1. The third kappa shape index (κ3) is 4.07. The van der Waals surface area contributed by atoms with Crippen molar-refractivity contribution in [2.45, 2.75) is 46.1 Å². The van der Waals surface area contributed by atoms with Gasteiger partial charge in [0.1, 0.15) is 11.3 Å². The normalized spacial score (nSPS) is 15.0. The van der Waals surface area contributed by atoms with Crippen molar-refractivity contribution < 1.29 is 13.9 Å². The van der Waals surface area contributed by atoms with Gasteiger partial charge in [0.2, 0.25) is 11.7 Å². The van der Waals surface area contributed by atoms with E-state index in [2.05, 4.69) is 16.9 Å². The first-order valence-electron chi connectivity index (χ1n) is 11.9. The van der Waals surface area contributed by atoms with Crippen molar-refractivity contribution in [3.05, 3.63) is 93.1 Å². The highest BCUT2D eigenvalue weighted by atomic mass is 16.5. The molecule has 3 heterocycles. The Balaban J connectivity index is 1.63. The summed E-state index contributed by atoms with van der Waals surface area (Å²) in [5, 5.41) is 0.455. The van der Waals surface area contributed by atoms with E-state index in [-0.39, 0.29) is 17.1 Å². The quantitative estimate of drug-likeness (QED) is 0.331. The molecule has 2 aromatic heterocycles. The molecule has 0 radical (unpaired) electrons. The molecule has 0 fully saturated rings. The van der Waals surface area contributed by atoms with Gasteiger partial charge in [-0.25, -0.2) is 9.97 Å². The number of hydrogen-bond donors (Lipinski definition) is 0. The zero-order valence-corrected chi connectivity index (χ0v) is 20.1. The van der Waals surface area contributed by atoms with Crippen molar-refractivity contribution in [3.63, 3.8) is 0 Å². The molecule has 0 saturated heterocycles. The van der Waals surface area contributed by atoms with E-state index in [1.54, 1.807) is 24.5 Å². The highest BCUT2D eigenvalue weighted by Gasteiger charge is 2.44. The minimum Gasteiger partial charge on any atom is -0.494 e. The summed E-state index contributed by atoms with van der Waals surface area (Å²) in [6, 6.07) is 12.1. The molecule has 35 heavy (non-hydrogen) atoms. The molecule has 1 unspecified atom stereocenters. The lowest BCUT2D eigenvalue weighted by Crippen LogP contribution is -2.31. The molecule has 7 heteroatoms. The maximum atomic E-state index is 13.8. The predicted molar refractivity (Wildman–Crippen MR) is 134 cm³/mol. The lowest BCUT2D eigenvalue weighted by atomic mass is 9.97. The molecular formula is C28H27N3O4. The number of carbonyl (C=O) groups is 1. The third-order valence-corrected chi connectivity index (χ3v) is 6.47. The van der Waals surface area contributed by atoms with Crippen molar-refractivity contribution in [2.24, 2.45) is 0 Å². The number of rotatable bonds is 7. The van der Waals surface area contributed by atoms with Crippen LogP contribution in [-0.4, -0.2) is 22.5 Å². The van der Waals surface area contributed by atoms with E-state index in [9.17, 15) is 9.59 Å². The summed E-state index contributed by atoms with van der Waals surface area (Å²) in [7, 11) is 0. The molecular weight excluding hydrogens is 442 g/mol. The molecule has 1 aliphatic heterocycles. The Hall–Kier alpha value is -4.00. The van der Waals surface area contributed by atoms with Crippen molar-refractivity contribution in [3.8, 4) is 5.75 Å². The van der Waals surface area contributed by atoms with Gasteiger partial charge in [-0.2, -0.15) is 0 Å². The van der Waals surface area contributed by atoms with E-state index in [1.807, 2.05) is 44.2 Å². The molecule has 2 aromatic carbocycles. The summed E-state index contributed by atoms with van der Waals surface area (Å²) in [5.41, 5.74) is 3.20.